The van der Waals surface area contributed by atoms with Gasteiger partial charge in [0.05, 0.1) is 13.0 Å². The quantitative estimate of drug-likeness (QED) is 0.872. The molecule has 0 radical (unpaired) electrons. The highest BCUT2D eigenvalue weighted by atomic mass is 16.5. The number of para-hydroxylation sites is 1. The SMILES string of the molecule is O=C(O)CC1CCN(C(=O)CCOc2ccccc2)CC1. The third-order valence-corrected chi connectivity index (χ3v) is 3.76. The average Bonchev–Trinajstić information content (AvgIpc) is 2.48. The number of aliphatic carboxylic acids is 1. The van der Waals surface area contributed by atoms with Gasteiger partial charge in [0.25, 0.3) is 0 Å². The number of amides is 1. The van der Waals surface area contributed by atoms with Gasteiger partial charge in [-0.2, -0.15) is 0 Å². The first kappa shape index (κ1) is 15.4. The standard InChI is InChI=1S/C16H21NO4/c18-15(8-11-21-14-4-2-1-3-5-14)17-9-6-13(7-10-17)12-16(19)20/h1-5,13H,6-12H2,(H,19,20). The molecule has 21 heavy (non-hydrogen) atoms. The predicted molar refractivity (Wildman–Crippen MR) is 78.1 cm³/mol. The molecule has 0 aliphatic carbocycles. The number of hydrogen-bond acceptors (Lipinski definition) is 3. The Morgan fingerprint density at radius 3 is 2.48 bits per heavy atom. The summed E-state index contributed by atoms with van der Waals surface area (Å²) < 4.78 is 5.52. The Bertz CT molecular complexity index is 466. The summed E-state index contributed by atoms with van der Waals surface area (Å²) in [6, 6.07) is 9.43. The van der Waals surface area contributed by atoms with Crippen molar-refractivity contribution in [2.75, 3.05) is 19.7 Å². The van der Waals surface area contributed by atoms with E-state index in [0.717, 1.165) is 18.6 Å². The zero-order valence-electron chi connectivity index (χ0n) is 12.0. The van der Waals surface area contributed by atoms with Crippen molar-refractivity contribution in [1.82, 2.24) is 4.90 Å². The van der Waals surface area contributed by atoms with Gasteiger partial charge in [-0.15, -0.1) is 0 Å². The Labute approximate surface area is 124 Å². The lowest BCUT2D eigenvalue weighted by Gasteiger charge is -2.31. The van der Waals surface area contributed by atoms with Crippen LogP contribution in [0.3, 0.4) is 0 Å². The number of benzene rings is 1. The number of carboxylic acid groups (broad SMARTS) is 1. The van der Waals surface area contributed by atoms with Gasteiger partial charge in [0.1, 0.15) is 5.75 Å². The normalized spacial score (nSPS) is 15.7. The second kappa shape index (κ2) is 7.67. The highest BCUT2D eigenvalue weighted by Gasteiger charge is 2.23. The largest absolute Gasteiger partial charge is 0.493 e. The van der Waals surface area contributed by atoms with E-state index in [9.17, 15) is 9.59 Å². The maximum Gasteiger partial charge on any atom is 0.303 e. The van der Waals surface area contributed by atoms with Crippen LogP contribution in [0.25, 0.3) is 0 Å². The molecule has 1 aliphatic heterocycles. The molecule has 2 rings (SSSR count). The van der Waals surface area contributed by atoms with E-state index >= 15 is 0 Å². The smallest absolute Gasteiger partial charge is 0.303 e. The Kier molecular flexibility index (Phi) is 5.60. The molecule has 1 saturated heterocycles. The first-order chi connectivity index (χ1) is 10.1. The van der Waals surface area contributed by atoms with Crippen LogP contribution in [0.1, 0.15) is 25.7 Å². The monoisotopic (exact) mass is 291 g/mol. The number of carbonyl (C=O) groups excluding carboxylic acids is 1. The molecular formula is C16H21NO4. The molecule has 1 heterocycles. The number of piperidine rings is 1. The molecular weight excluding hydrogens is 270 g/mol. The van der Waals surface area contributed by atoms with Crippen LogP contribution in [0.2, 0.25) is 0 Å². The van der Waals surface area contributed by atoms with E-state index in [1.807, 2.05) is 35.2 Å². The maximum atomic E-state index is 12.0. The van der Waals surface area contributed by atoms with E-state index in [1.54, 1.807) is 0 Å². The Hall–Kier alpha value is -2.04. The summed E-state index contributed by atoms with van der Waals surface area (Å²) in [7, 11) is 0. The van der Waals surface area contributed by atoms with Crippen LogP contribution >= 0.6 is 0 Å². The third-order valence-electron chi connectivity index (χ3n) is 3.76. The summed E-state index contributed by atoms with van der Waals surface area (Å²) in [6.07, 6.45) is 2.12. The van der Waals surface area contributed by atoms with E-state index < -0.39 is 5.97 Å². The summed E-state index contributed by atoms with van der Waals surface area (Å²) in [5, 5.41) is 8.77. The molecule has 5 nitrogen and oxygen atoms in total. The summed E-state index contributed by atoms with van der Waals surface area (Å²) >= 11 is 0. The molecule has 0 aromatic heterocycles. The Morgan fingerprint density at radius 2 is 1.86 bits per heavy atom. The van der Waals surface area contributed by atoms with Crippen molar-refractivity contribution < 1.29 is 19.4 Å². The van der Waals surface area contributed by atoms with Gasteiger partial charge >= 0.3 is 5.97 Å². The Morgan fingerprint density at radius 1 is 1.19 bits per heavy atom. The van der Waals surface area contributed by atoms with Gasteiger partial charge < -0.3 is 14.7 Å². The van der Waals surface area contributed by atoms with E-state index in [4.69, 9.17) is 9.84 Å². The summed E-state index contributed by atoms with van der Waals surface area (Å²) in [5.74, 6) is 0.299. The molecule has 1 aromatic carbocycles. The molecule has 1 amide bonds. The zero-order chi connectivity index (χ0) is 15.1. The molecule has 1 aromatic rings. The number of ether oxygens (including phenoxy) is 1. The predicted octanol–water partition coefficient (Wildman–Crippen LogP) is 2.17. The second-order valence-corrected chi connectivity index (χ2v) is 5.33. The van der Waals surface area contributed by atoms with Gasteiger partial charge in [-0.25, -0.2) is 0 Å². The van der Waals surface area contributed by atoms with Gasteiger partial charge in [-0.1, -0.05) is 18.2 Å². The molecule has 0 bridgehead atoms. The number of hydrogen-bond donors (Lipinski definition) is 1. The van der Waals surface area contributed by atoms with Crippen LogP contribution < -0.4 is 4.74 Å². The van der Waals surface area contributed by atoms with Crippen molar-refractivity contribution in [3.63, 3.8) is 0 Å². The first-order valence-electron chi connectivity index (χ1n) is 7.32. The minimum atomic E-state index is -0.754. The topological polar surface area (TPSA) is 66.8 Å². The fraction of sp³-hybridized carbons (Fsp3) is 0.500. The van der Waals surface area contributed by atoms with Crippen LogP contribution in [-0.2, 0) is 9.59 Å². The highest BCUT2D eigenvalue weighted by Crippen LogP contribution is 2.21. The maximum absolute atomic E-state index is 12.0. The van der Waals surface area contributed by atoms with Crippen LogP contribution in [0.15, 0.2) is 30.3 Å². The van der Waals surface area contributed by atoms with Gasteiger partial charge in [0.15, 0.2) is 0 Å². The lowest BCUT2D eigenvalue weighted by Crippen LogP contribution is -2.39. The van der Waals surface area contributed by atoms with Gasteiger partial charge in [0.2, 0.25) is 5.91 Å². The fourth-order valence-electron chi connectivity index (χ4n) is 2.56. The molecule has 0 atom stereocenters. The van der Waals surface area contributed by atoms with Crippen molar-refractivity contribution in [3.05, 3.63) is 30.3 Å². The lowest BCUT2D eigenvalue weighted by atomic mass is 9.93. The minimum Gasteiger partial charge on any atom is -0.493 e. The molecule has 0 unspecified atom stereocenters. The molecule has 1 fully saturated rings. The molecule has 1 aliphatic rings. The Balaban J connectivity index is 1.67. The summed E-state index contributed by atoms with van der Waals surface area (Å²) in [5.41, 5.74) is 0. The molecule has 1 N–H and O–H groups in total. The number of nitrogens with zero attached hydrogens (tertiary/aromatic N) is 1. The van der Waals surface area contributed by atoms with Crippen LogP contribution in [0.5, 0.6) is 5.75 Å². The van der Waals surface area contributed by atoms with Crippen molar-refractivity contribution in [3.8, 4) is 5.75 Å². The second-order valence-electron chi connectivity index (χ2n) is 5.33. The summed E-state index contributed by atoms with van der Waals surface area (Å²) in [6.45, 7) is 1.68. The number of carbonyl (C=O) groups is 2. The number of rotatable bonds is 6. The number of carboxylic acids is 1. The van der Waals surface area contributed by atoms with Gasteiger partial charge in [0, 0.05) is 19.5 Å². The summed E-state index contributed by atoms with van der Waals surface area (Å²) in [4.78, 5) is 24.5. The average molecular weight is 291 g/mol. The molecule has 5 heteroatoms. The van der Waals surface area contributed by atoms with Crippen molar-refractivity contribution >= 4 is 11.9 Å². The van der Waals surface area contributed by atoms with Crippen LogP contribution in [0.4, 0.5) is 0 Å². The minimum absolute atomic E-state index is 0.0831. The van der Waals surface area contributed by atoms with E-state index in [2.05, 4.69) is 0 Å². The zero-order valence-corrected chi connectivity index (χ0v) is 12.0. The first-order valence-corrected chi connectivity index (χ1v) is 7.32. The number of likely N-dealkylation sites (tertiary alicyclic amines) is 1. The van der Waals surface area contributed by atoms with E-state index in [1.165, 1.54) is 0 Å². The molecule has 114 valence electrons. The van der Waals surface area contributed by atoms with Gasteiger partial charge in [-0.05, 0) is 30.9 Å². The van der Waals surface area contributed by atoms with E-state index in [0.29, 0.717) is 26.1 Å². The highest BCUT2D eigenvalue weighted by molar-refractivity contribution is 5.76. The van der Waals surface area contributed by atoms with Gasteiger partial charge in [-0.3, -0.25) is 9.59 Å². The van der Waals surface area contributed by atoms with Crippen molar-refractivity contribution in [2.24, 2.45) is 5.92 Å². The van der Waals surface area contributed by atoms with Crippen LogP contribution in [0, 0.1) is 5.92 Å². The third kappa shape index (κ3) is 5.10. The van der Waals surface area contributed by atoms with E-state index in [-0.39, 0.29) is 18.2 Å². The fourth-order valence-corrected chi connectivity index (χ4v) is 2.56. The van der Waals surface area contributed by atoms with Crippen molar-refractivity contribution in [2.45, 2.75) is 25.7 Å². The van der Waals surface area contributed by atoms with Crippen molar-refractivity contribution in [1.29, 1.82) is 0 Å². The molecule has 0 spiro atoms. The lowest BCUT2D eigenvalue weighted by molar-refractivity contribution is -0.138. The molecule has 0 saturated carbocycles. The van der Waals surface area contributed by atoms with Crippen LogP contribution in [-0.4, -0.2) is 41.6 Å².